The lowest BCUT2D eigenvalue weighted by Gasteiger charge is -2.37. The van der Waals surface area contributed by atoms with Gasteiger partial charge in [-0.1, -0.05) is 55.6 Å². The molecule has 0 bridgehead atoms. The maximum absolute atomic E-state index is 13.3. The number of rotatable bonds is 7. The highest BCUT2D eigenvalue weighted by Crippen LogP contribution is 2.56. The number of phenolic OH excluding ortho intramolecular Hbond substituents is 1. The standard InChI is InChI=1S/C25H27Cl2FN2O3/c1-14(2)5-4-6-17-19(31)12-11-18-21(17)33-25(22(27)20(26)24(32)30(25)3)23(18)29-13-15-7-9-16(28)10-8-15/h7-12,14,23,29,31H,4-6,13H2,1-3H3/t23-,25-/m0/s1. The first-order valence-electron chi connectivity index (χ1n) is 11.0. The van der Waals surface area contributed by atoms with Crippen LogP contribution in [0.2, 0.25) is 0 Å². The quantitative estimate of drug-likeness (QED) is 0.528. The van der Waals surface area contributed by atoms with Crippen LogP contribution in [0.25, 0.3) is 0 Å². The first-order valence-corrected chi connectivity index (χ1v) is 11.8. The van der Waals surface area contributed by atoms with Crippen molar-refractivity contribution in [3.8, 4) is 11.5 Å². The molecule has 0 radical (unpaired) electrons. The molecule has 33 heavy (non-hydrogen) atoms. The summed E-state index contributed by atoms with van der Waals surface area (Å²) in [4.78, 5) is 14.1. The molecule has 2 atom stereocenters. The number of phenols is 1. The third-order valence-electron chi connectivity index (χ3n) is 6.36. The van der Waals surface area contributed by atoms with Crippen LogP contribution in [0.5, 0.6) is 11.5 Å². The monoisotopic (exact) mass is 492 g/mol. The van der Waals surface area contributed by atoms with Crippen LogP contribution < -0.4 is 10.1 Å². The number of hydrogen-bond donors (Lipinski definition) is 2. The third kappa shape index (κ3) is 4.09. The first kappa shape index (κ1) is 23.9. The predicted octanol–water partition coefficient (Wildman–Crippen LogP) is 5.59. The molecule has 4 rings (SSSR count). The Labute approximate surface area is 203 Å². The van der Waals surface area contributed by atoms with E-state index in [4.69, 9.17) is 27.9 Å². The fraction of sp³-hybridized carbons (Fsp3) is 0.400. The number of nitrogens with one attached hydrogen (secondary N) is 1. The van der Waals surface area contributed by atoms with E-state index >= 15 is 0 Å². The molecule has 2 aliphatic heterocycles. The molecular weight excluding hydrogens is 466 g/mol. The molecule has 0 saturated carbocycles. The van der Waals surface area contributed by atoms with Crippen molar-refractivity contribution in [2.45, 2.75) is 51.4 Å². The third-order valence-corrected chi connectivity index (χ3v) is 7.26. The highest BCUT2D eigenvalue weighted by Gasteiger charge is 2.61. The fourth-order valence-electron chi connectivity index (χ4n) is 4.54. The minimum atomic E-state index is -1.38. The van der Waals surface area contributed by atoms with Gasteiger partial charge in [-0.25, -0.2) is 4.39 Å². The number of amides is 1. The number of nitrogens with zero attached hydrogens (tertiary/aromatic N) is 1. The summed E-state index contributed by atoms with van der Waals surface area (Å²) in [6.07, 6.45) is 2.51. The van der Waals surface area contributed by atoms with Crippen LogP contribution >= 0.6 is 23.2 Å². The fourth-order valence-corrected chi connectivity index (χ4v) is 5.16. The van der Waals surface area contributed by atoms with Crippen LogP contribution in [0, 0.1) is 11.7 Å². The number of carbonyl (C=O) groups is 1. The number of benzene rings is 2. The zero-order valence-electron chi connectivity index (χ0n) is 18.8. The van der Waals surface area contributed by atoms with Crippen molar-refractivity contribution in [3.63, 3.8) is 0 Å². The molecule has 2 aromatic carbocycles. The molecule has 0 aromatic heterocycles. The Bertz CT molecular complexity index is 1100. The van der Waals surface area contributed by atoms with E-state index in [-0.39, 0.29) is 21.6 Å². The Balaban J connectivity index is 1.75. The zero-order chi connectivity index (χ0) is 23.9. The van der Waals surface area contributed by atoms with Crippen molar-refractivity contribution in [3.05, 3.63) is 69.0 Å². The average molecular weight is 493 g/mol. The van der Waals surface area contributed by atoms with E-state index in [1.807, 2.05) is 0 Å². The maximum Gasteiger partial charge on any atom is 0.269 e. The largest absolute Gasteiger partial charge is 0.508 e. The SMILES string of the molecule is CC(C)CCCc1c(O)ccc2c1O[C@@]1(C(Cl)=C(Cl)C(=O)N1C)[C@H]2NCc1ccc(F)cc1. The molecule has 8 heteroatoms. The normalized spacial score (nSPS) is 22.0. The number of hydrogen-bond acceptors (Lipinski definition) is 4. The Kier molecular flexibility index (Phi) is 6.63. The number of carbonyl (C=O) groups excluding carboxylic acids is 1. The predicted molar refractivity (Wildman–Crippen MR) is 127 cm³/mol. The molecule has 0 unspecified atom stereocenters. The van der Waals surface area contributed by atoms with Crippen LogP contribution in [0.1, 0.15) is 49.4 Å². The zero-order valence-corrected chi connectivity index (χ0v) is 20.3. The van der Waals surface area contributed by atoms with Crippen LogP contribution in [0.4, 0.5) is 4.39 Å². The van der Waals surface area contributed by atoms with E-state index in [2.05, 4.69) is 19.2 Å². The van der Waals surface area contributed by atoms with E-state index in [1.165, 1.54) is 17.0 Å². The van der Waals surface area contributed by atoms with Gasteiger partial charge >= 0.3 is 0 Å². The minimum Gasteiger partial charge on any atom is -0.508 e. The lowest BCUT2D eigenvalue weighted by atomic mass is 9.94. The van der Waals surface area contributed by atoms with Gasteiger partial charge in [-0.2, -0.15) is 0 Å². The summed E-state index contributed by atoms with van der Waals surface area (Å²) in [5.41, 5.74) is 0.943. The second-order valence-electron chi connectivity index (χ2n) is 9.00. The second kappa shape index (κ2) is 9.16. The Hall–Kier alpha value is -2.28. The van der Waals surface area contributed by atoms with E-state index < -0.39 is 17.7 Å². The number of aromatic hydroxyl groups is 1. The van der Waals surface area contributed by atoms with Gasteiger partial charge < -0.3 is 15.2 Å². The van der Waals surface area contributed by atoms with Crippen molar-refractivity contribution in [1.82, 2.24) is 10.2 Å². The molecule has 0 fully saturated rings. The van der Waals surface area contributed by atoms with Crippen molar-refractivity contribution >= 4 is 29.1 Å². The van der Waals surface area contributed by atoms with Gasteiger partial charge in [0.15, 0.2) is 0 Å². The molecule has 176 valence electrons. The highest BCUT2D eigenvalue weighted by molar-refractivity contribution is 6.50. The average Bonchev–Trinajstić information content (AvgIpc) is 3.19. The second-order valence-corrected chi connectivity index (χ2v) is 9.75. The van der Waals surface area contributed by atoms with Crippen molar-refractivity contribution in [1.29, 1.82) is 0 Å². The van der Waals surface area contributed by atoms with Gasteiger partial charge in [0, 0.05) is 24.7 Å². The summed E-state index contributed by atoms with van der Waals surface area (Å²) < 4.78 is 19.8. The summed E-state index contributed by atoms with van der Waals surface area (Å²) in [6.45, 7) is 4.69. The molecule has 2 heterocycles. The lowest BCUT2D eigenvalue weighted by molar-refractivity contribution is -0.136. The number of ether oxygens (including phenoxy) is 1. The Morgan fingerprint density at radius 1 is 1.21 bits per heavy atom. The van der Waals surface area contributed by atoms with Crippen LogP contribution in [-0.4, -0.2) is 28.7 Å². The van der Waals surface area contributed by atoms with Gasteiger partial charge in [0.25, 0.3) is 5.91 Å². The highest BCUT2D eigenvalue weighted by atomic mass is 35.5. The number of halogens is 3. The van der Waals surface area contributed by atoms with Gasteiger partial charge in [-0.15, -0.1) is 0 Å². The summed E-state index contributed by atoms with van der Waals surface area (Å²) in [5, 5.41) is 14.1. The van der Waals surface area contributed by atoms with E-state index in [0.29, 0.717) is 30.2 Å². The Morgan fingerprint density at radius 2 is 1.91 bits per heavy atom. The topological polar surface area (TPSA) is 61.8 Å². The smallest absolute Gasteiger partial charge is 0.269 e. The van der Waals surface area contributed by atoms with E-state index in [1.54, 1.807) is 31.3 Å². The molecule has 2 aromatic rings. The van der Waals surface area contributed by atoms with Crippen molar-refractivity contribution < 1.29 is 19.0 Å². The summed E-state index contributed by atoms with van der Waals surface area (Å²) in [5.74, 6) is 0.444. The molecule has 2 N–H and O–H groups in total. The van der Waals surface area contributed by atoms with Crippen molar-refractivity contribution in [2.24, 2.45) is 5.92 Å². The van der Waals surface area contributed by atoms with Gasteiger partial charge in [-0.3, -0.25) is 9.69 Å². The van der Waals surface area contributed by atoms with Gasteiger partial charge in [0.05, 0.1) is 0 Å². The van der Waals surface area contributed by atoms with Crippen molar-refractivity contribution in [2.75, 3.05) is 7.05 Å². The van der Waals surface area contributed by atoms with Gasteiger partial charge in [-0.05, 0) is 48.6 Å². The molecule has 0 saturated heterocycles. The van der Waals surface area contributed by atoms with Crippen LogP contribution in [0.3, 0.4) is 0 Å². The maximum atomic E-state index is 13.3. The number of fused-ring (bicyclic) bond motifs is 1. The van der Waals surface area contributed by atoms with E-state index in [9.17, 15) is 14.3 Å². The Morgan fingerprint density at radius 3 is 2.52 bits per heavy atom. The molecule has 0 aliphatic carbocycles. The van der Waals surface area contributed by atoms with Gasteiger partial charge in [0.2, 0.25) is 5.72 Å². The lowest BCUT2D eigenvalue weighted by Crippen LogP contribution is -2.55. The molecule has 1 amide bonds. The first-order chi connectivity index (χ1) is 15.7. The summed E-state index contributed by atoms with van der Waals surface area (Å²) in [6, 6.07) is 9.04. The molecular formula is C25H27Cl2FN2O3. The van der Waals surface area contributed by atoms with Crippen LogP contribution in [0.15, 0.2) is 46.5 Å². The van der Waals surface area contributed by atoms with Gasteiger partial charge in [0.1, 0.15) is 33.4 Å². The molecule has 5 nitrogen and oxygen atoms in total. The van der Waals surface area contributed by atoms with E-state index in [0.717, 1.165) is 24.0 Å². The van der Waals surface area contributed by atoms with Crippen LogP contribution in [-0.2, 0) is 17.8 Å². The molecule has 2 aliphatic rings. The molecule has 1 spiro atoms. The summed E-state index contributed by atoms with van der Waals surface area (Å²) >= 11 is 12.9. The number of likely N-dealkylation sites (N-methyl/N-ethyl adjacent to an activating group) is 1. The minimum absolute atomic E-state index is 0.0915. The summed E-state index contributed by atoms with van der Waals surface area (Å²) in [7, 11) is 1.59.